The van der Waals surface area contributed by atoms with Crippen molar-refractivity contribution in [1.29, 1.82) is 5.53 Å². The van der Waals surface area contributed by atoms with E-state index in [2.05, 4.69) is 17.3 Å². The van der Waals surface area contributed by atoms with Crippen LogP contribution in [0.2, 0.25) is 0 Å². The lowest BCUT2D eigenvalue weighted by atomic mass is 10.0. The zero-order chi connectivity index (χ0) is 10.6. The Hall–Kier alpha value is -1.62. The highest BCUT2D eigenvalue weighted by Gasteiger charge is 2.21. The van der Waals surface area contributed by atoms with Crippen molar-refractivity contribution in [1.82, 2.24) is 0 Å². The fourth-order valence-electron chi connectivity index (χ4n) is 1.05. The van der Waals surface area contributed by atoms with Crippen molar-refractivity contribution in [2.24, 2.45) is 10.8 Å². The molecule has 1 unspecified atom stereocenters. The van der Waals surface area contributed by atoms with Crippen molar-refractivity contribution in [2.45, 2.75) is 6.04 Å². The molecule has 0 spiro atoms. The van der Waals surface area contributed by atoms with Gasteiger partial charge in [-0.15, -0.1) is 0 Å². The summed E-state index contributed by atoms with van der Waals surface area (Å²) in [4.78, 5) is 11.2. The molecule has 0 bridgehead atoms. The van der Waals surface area contributed by atoms with Gasteiger partial charge in [0.15, 0.2) is 6.04 Å². The minimum absolute atomic E-state index is 0.241. The molecule has 72 valence electrons. The van der Waals surface area contributed by atoms with Crippen LogP contribution in [0.5, 0.6) is 0 Å². The highest BCUT2D eigenvalue weighted by atomic mass is 32.1. The van der Waals surface area contributed by atoms with Crippen molar-refractivity contribution >= 4 is 23.0 Å². The maximum atomic E-state index is 11.4. The second kappa shape index (κ2) is 4.57. The first-order chi connectivity index (χ1) is 6.66. The Bertz CT molecular complexity index is 364. The number of ketones is 1. The first-order valence-corrected chi connectivity index (χ1v) is 4.33. The minimum atomic E-state index is -0.895. The standard InChI is InChI=1S/C9H9N3OS/c10-9(14)8(13)7(12-11)6-4-2-1-3-5-6/h1-5,7,11H,(H2,10,14). The summed E-state index contributed by atoms with van der Waals surface area (Å²) in [5.74, 6) is -0.499. The van der Waals surface area contributed by atoms with Crippen molar-refractivity contribution < 1.29 is 4.79 Å². The number of Topliss-reactive ketones (excluding diaryl/α,β-unsaturated/α-hetero) is 1. The van der Waals surface area contributed by atoms with Gasteiger partial charge in [0.05, 0.1) is 0 Å². The van der Waals surface area contributed by atoms with Crippen LogP contribution >= 0.6 is 12.2 Å². The van der Waals surface area contributed by atoms with E-state index in [0.717, 1.165) is 0 Å². The van der Waals surface area contributed by atoms with E-state index in [9.17, 15) is 4.79 Å². The third-order valence-electron chi connectivity index (χ3n) is 1.74. The third kappa shape index (κ3) is 2.20. The molecule has 0 aliphatic rings. The van der Waals surface area contributed by atoms with Gasteiger partial charge in [-0.05, 0) is 5.56 Å². The van der Waals surface area contributed by atoms with Gasteiger partial charge in [0.1, 0.15) is 4.99 Å². The summed E-state index contributed by atoms with van der Waals surface area (Å²) in [5.41, 5.74) is 12.7. The number of nitrogens with zero attached hydrogens (tertiary/aromatic N) is 1. The molecule has 0 amide bonds. The van der Waals surface area contributed by atoms with Crippen LogP contribution in [0.4, 0.5) is 0 Å². The number of benzene rings is 1. The molecule has 0 aliphatic heterocycles. The first kappa shape index (κ1) is 10.5. The van der Waals surface area contributed by atoms with Crippen LogP contribution in [-0.2, 0) is 4.79 Å². The van der Waals surface area contributed by atoms with Crippen LogP contribution in [0, 0.1) is 5.53 Å². The molecule has 0 heterocycles. The van der Waals surface area contributed by atoms with E-state index in [1.54, 1.807) is 24.3 Å². The molecule has 1 aromatic carbocycles. The Labute approximate surface area is 86.6 Å². The topological polar surface area (TPSA) is 79.3 Å². The Morgan fingerprint density at radius 3 is 2.43 bits per heavy atom. The molecule has 0 radical (unpaired) electrons. The van der Waals surface area contributed by atoms with Gasteiger partial charge in [0.2, 0.25) is 5.78 Å². The van der Waals surface area contributed by atoms with Gasteiger partial charge >= 0.3 is 0 Å². The molecule has 0 fully saturated rings. The molecular formula is C9H9N3OS. The van der Waals surface area contributed by atoms with E-state index < -0.39 is 11.8 Å². The van der Waals surface area contributed by atoms with Crippen LogP contribution < -0.4 is 5.73 Å². The zero-order valence-electron chi connectivity index (χ0n) is 7.31. The molecule has 1 atom stereocenters. The number of hydrogen-bond acceptors (Lipinski definition) is 4. The van der Waals surface area contributed by atoms with Gasteiger partial charge in [-0.1, -0.05) is 42.5 Å². The van der Waals surface area contributed by atoms with Gasteiger partial charge in [-0.3, -0.25) is 4.79 Å². The van der Waals surface area contributed by atoms with E-state index in [4.69, 9.17) is 11.3 Å². The quantitative estimate of drug-likeness (QED) is 0.581. The van der Waals surface area contributed by atoms with E-state index in [-0.39, 0.29) is 4.99 Å². The van der Waals surface area contributed by atoms with Gasteiger partial charge in [-0.2, -0.15) is 5.11 Å². The molecule has 1 aromatic rings. The molecule has 3 N–H and O–H groups in total. The predicted octanol–water partition coefficient (Wildman–Crippen LogP) is 1.61. The lowest BCUT2D eigenvalue weighted by Gasteiger charge is -2.07. The van der Waals surface area contributed by atoms with Gasteiger partial charge in [0, 0.05) is 0 Å². The lowest BCUT2D eigenvalue weighted by Crippen LogP contribution is -2.26. The zero-order valence-corrected chi connectivity index (χ0v) is 8.12. The van der Waals surface area contributed by atoms with Crippen molar-refractivity contribution in [2.75, 3.05) is 0 Å². The molecule has 4 nitrogen and oxygen atoms in total. The molecular weight excluding hydrogens is 198 g/mol. The Morgan fingerprint density at radius 1 is 1.43 bits per heavy atom. The smallest absolute Gasteiger partial charge is 0.220 e. The SMILES string of the molecule is N=NC(C(=O)C(N)=S)c1ccccc1. The summed E-state index contributed by atoms with van der Waals surface area (Å²) in [6, 6.07) is 7.86. The summed E-state index contributed by atoms with van der Waals surface area (Å²) < 4.78 is 0. The molecule has 0 saturated carbocycles. The Balaban J connectivity index is 2.99. The number of nitrogens with one attached hydrogen (secondary N) is 1. The van der Waals surface area contributed by atoms with Crippen LogP contribution in [-0.4, -0.2) is 10.8 Å². The fraction of sp³-hybridized carbons (Fsp3) is 0.111. The van der Waals surface area contributed by atoms with Gasteiger partial charge < -0.3 is 5.73 Å². The normalized spacial score (nSPS) is 11.7. The Morgan fingerprint density at radius 2 is 2.00 bits per heavy atom. The number of thiocarbonyl (C=S) groups is 1. The number of rotatable bonds is 4. The lowest BCUT2D eigenvalue weighted by molar-refractivity contribution is -0.114. The van der Waals surface area contributed by atoms with E-state index in [1.165, 1.54) is 0 Å². The maximum absolute atomic E-state index is 11.4. The monoisotopic (exact) mass is 207 g/mol. The summed E-state index contributed by atoms with van der Waals surface area (Å²) in [6.45, 7) is 0. The molecule has 0 aliphatic carbocycles. The highest BCUT2D eigenvalue weighted by molar-refractivity contribution is 7.82. The molecule has 1 rings (SSSR count). The second-order valence-corrected chi connectivity index (χ2v) is 3.11. The first-order valence-electron chi connectivity index (χ1n) is 3.92. The van der Waals surface area contributed by atoms with Gasteiger partial charge in [-0.25, -0.2) is 5.53 Å². The average Bonchev–Trinajstić information content (AvgIpc) is 2.20. The number of carbonyl (C=O) groups is 1. The highest BCUT2D eigenvalue weighted by Crippen LogP contribution is 2.17. The fourth-order valence-corrected chi connectivity index (χ4v) is 1.17. The average molecular weight is 207 g/mol. The predicted molar refractivity (Wildman–Crippen MR) is 56.1 cm³/mol. The van der Waals surface area contributed by atoms with Crippen LogP contribution in [0.1, 0.15) is 11.6 Å². The van der Waals surface area contributed by atoms with Crippen LogP contribution in [0.3, 0.4) is 0 Å². The molecule has 0 saturated heterocycles. The minimum Gasteiger partial charge on any atom is -0.387 e. The summed E-state index contributed by atoms with van der Waals surface area (Å²) >= 11 is 4.55. The largest absolute Gasteiger partial charge is 0.387 e. The van der Waals surface area contributed by atoms with E-state index >= 15 is 0 Å². The molecule has 0 aromatic heterocycles. The summed E-state index contributed by atoms with van der Waals surface area (Å²) in [6.07, 6.45) is 0. The number of hydrogen-bond donors (Lipinski definition) is 2. The molecule has 5 heteroatoms. The van der Waals surface area contributed by atoms with Crippen molar-refractivity contribution in [3.05, 3.63) is 35.9 Å². The van der Waals surface area contributed by atoms with Gasteiger partial charge in [0.25, 0.3) is 0 Å². The summed E-state index contributed by atoms with van der Waals surface area (Å²) in [7, 11) is 0. The second-order valence-electron chi connectivity index (χ2n) is 2.67. The third-order valence-corrected chi connectivity index (χ3v) is 1.94. The summed E-state index contributed by atoms with van der Waals surface area (Å²) in [5, 5.41) is 3.21. The van der Waals surface area contributed by atoms with Crippen molar-refractivity contribution in [3.63, 3.8) is 0 Å². The number of carbonyl (C=O) groups excluding carboxylic acids is 1. The Kier molecular flexibility index (Phi) is 3.41. The van der Waals surface area contributed by atoms with Crippen LogP contribution in [0.25, 0.3) is 0 Å². The van der Waals surface area contributed by atoms with E-state index in [1.807, 2.05) is 6.07 Å². The maximum Gasteiger partial charge on any atom is 0.220 e. The van der Waals surface area contributed by atoms with Crippen molar-refractivity contribution in [3.8, 4) is 0 Å². The van der Waals surface area contributed by atoms with Crippen LogP contribution in [0.15, 0.2) is 35.4 Å². The number of nitrogens with two attached hydrogens (primary N) is 1. The molecule has 14 heavy (non-hydrogen) atoms. The van der Waals surface area contributed by atoms with E-state index in [0.29, 0.717) is 5.56 Å².